The maximum atomic E-state index is 9.40. The molecule has 20 heavy (non-hydrogen) atoms. The average Bonchev–Trinajstić information content (AvgIpc) is 2.47. The molecule has 0 saturated heterocycles. The second-order valence-electron chi connectivity index (χ2n) is 4.10. The van der Waals surface area contributed by atoms with Crippen LogP contribution in [0.1, 0.15) is 11.6 Å². The molecule has 2 aromatic rings. The largest absolute Gasteiger partial charge is 0.497 e. The van der Waals surface area contributed by atoms with Gasteiger partial charge in [-0.15, -0.1) is 0 Å². The number of methoxy groups -OCH3 is 1. The van der Waals surface area contributed by atoms with Gasteiger partial charge in [-0.2, -0.15) is 5.26 Å². The number of nitrogens with zero attached hydrogens (tertiary/aromatic N) is 1. The molecule has 0 aliphatic heterocycles. The van der Waals surface area contributed by atoms with Crippen molar-refractivity contribution in [3.05, 3.63) is 57.0 Å². The number of ether oxygens (including phenoxy) is 1. The van der Waals surface area contributed by atoms with E-state index in [0.29, 0.717) is 0 Å². The predicted molar refractivity (Wildman–Crippen MR) is 86.8 cm³/mol. The highest BCUT2D eigenvalue weighted by atomic mass is 79.9. The van der Waals surface area contributed by atoms with E-state index in [9.17, 15) is 5.26 Å². The van der Waals surface area contributed by atoms with Crippen LogP contribution in [0.3, 0.4) is 0 Å². The Balaban J connectivity index is 2.28. The van der Waals surface area contributed by atoms with Crippen LogP contribution in [0.4, 0.5) is 5.69 Å². The molecule has 2 rings (SSSR count). The van der Waals surface area contributed by atoms with Gasteiger partial charge in [-0.3, -0.25) is 0 Å². The van der Waals surface area contributed by atoms with Crippen molar-refractivity contribution >= 4 is 37.5 Å². The highest BCUT2D eigenvalue weighted by molar-refractivity contribution is 9.10. The molecule has 0 amide bonds. The van der Waals surface area contributed by atoms with Gasteiger partial charge in [-0.1, -0.05) is 31.9 Å². The van der Waals surface area contributed by atoms with Gasteiger partial charge in [0.05, 0.1) is 13.2 Å². The molecular weight excluding hydrogens is 384 g/mol. The average molecular weight is 396 g/mol. The first-order valence-corrected chi connectivity index (χ1v) is 7.48. The van der Waals surface area contributed by atoms with Crippen LogP contribution < -0.4 is 10.1 Å². The number of halogens is 2. The summed E-state index contributed by atoms with van der Waals surface area (Å²) in [4.78, 5) is 0. The highest BCUT2D eigenvalue weighted by Gasteiger charge is 2.14. The molecule has 1 unspecified atom stereocenters. The summed E-state index contributed by atoms with van der Waals surface area (Å²) in [6.45, 7) is 0. The summed E-state index contributed by atoms with van der Waals surface area (Å²) in [6, 6.07) is 15.1. The Labute approximate surface area is 134 Å². The van der Waals surface area contributed by atoms with Gasteiger partial charge >= 0.3 is 0 Å². The Morgan fingerprint density at radius 2 is 1.85 bits per heavy atom. The molecule has 0 heterocycles. The summed E-state index contributed by atoms with van der Waals surface area (Å²) in [6.07, 6.45) is 0. The fourth-order valence-electron chi connectivity index (χ4n) is 1.76. The second kappa shape index (κ2) is 6.78. The molecule has 0 aliphatic rings. The first-order valence-electron chi connectivity index (χ1n) is 5.89. The van der Waals surface area contributed by atoms with Crippen LogP contribution >= 0.6 is 31.9 Å². The van der Waals surface area contributed by atoms with Crippen molar-refractivity contribution < 1.29 is 4.74 Å². The van der Waals surface area contributed by atoms with E-state index in [0.717, 1.165) is 25.9 Å². The third-order valence-corrected chi connectivity index (χ3v) is 4.05. The van der Waals surface area contributed by atoms with Crippen molar-refractivity contribution in [3.8, 4) is 11.8 Å². The van der Waals surface area contributed by atoms with Crippen molar-refractivity contribution in [2.45, 2.75) is 6.04 Å². The Morgan fingerprint density at radius 1 is 1.15 bits per heavy atom. The number of nitrogens with one attached hydrogen (secondary N) is 1. The van der Waals surface area contributed by atoms with Crippen LogP contribution in [-0.2, 0) is 0 Å². The molecule has 1 atom stereocenters. The van der Waals surface area contributed by atoms with E-state index in [1.807, 2.05) is 42.5 Å². The molecule has 102 valence electrons. The lowest BCUT2D eigenvalue weighted by atomic mass is 10.1. The zero-order valence-corrected chi connectivity index (χ0v) is 13.9. The SMILES string of the molecule is COc1ccc(Br)c(C(C#N)Nc2ccc(Br)cc2)c1. The van der Waals surface area contributed by atoms with E-state index in [1.54, 1.807) is 7.11 Å². The first kappa shape index (κ1) is 14.9. The maximum absolute atomic E-state index is 9.40. The quantitative estimate of drug-likeness (QED) is 0.800. The van der Waals surface area contributed by atoms with E-state index in [4.69, 9.17) is 4.74 Å². The summed E-state index contributed by atoms with van der Waals surface area (Å²) >= 11 is 6.86. The lowest BCUT2D eigenvalue weighted by Crippen LogP contribution is -2.09. The van der Waals surface area contributed by atoms with Crippen molar-refractivity contribution in [2.75, 3.05) is 12.4 Å². The van der Waals surface area contributed by atoms with E-state index in [-0.39, 0.29) is 0 Å². The Kier molecular flexibility index (Phi) is 5.05. The van der Waals surface area contributed by atoms with Gasteiger partial charge in [0.25, 0.3) is 0 Å². The minimum absolute atomic E-state index is 0.458. The normalized spacial score (nSPS) is 11.5. The van der Waals surface area contributed by atoms with Crippen molar-refractivity contribution in [2.24, 2.45) is 0 Å². The summed E-state index contributed by atoms with van der Waals surface area (Å²) in [5, 5.41) is 12.6. The fraction of sp³-hybridized carbons (Fsp3) is 0.133. The number of benzene rings is 2. The van der Waals surface area contributed by atoms with Gasteiger partial charge in [0.1, 0.15) is 11.8 Å². The molecule has 2 aromatic carbocycles. The molecule has 3 nitrogen and oxygen atoms in total. The molecule has 0 aromatic heterocycles. The standard InChI is InChI=1S/C15H12Br2N2O/c1-20-12-6-7-14(17)13(8-12)15(9-18)19-11-4-2-10(16)3-5-11/h2-8,15,19H,1H3. The summed E-state index contributed by atoms with van der Waals surface area (Å²) in [5.74, 6) is 0.723. The topological polar surface area (TPSA) is 45.0 Å². The molecule has 5 heteroatoms. The van der Waals surface area contributed by atoms with Gasteiger partial charge in [0.15, 0.2) is 0 Å². The molecule has 0 spiro atoms. The van der Waals surface area contributed by atoms with Crippen LogP contribution in [0.25, 0.3) is 0 Å². The van der Waals surface area contributed by atoms with E-state index in [2.05, 4.69) is 43.2 Å². The highest BCUT2D eigenvalue weighted by Crippen LogP contribution is 2.30. The third kappa shape index (κ3) is 3.53. The second-order valence-corrected chi connectivity index (χ2v) is 5.87. The molecule has 0 bridgehead atoms. The number of rotatable bonds is 4. The van der Waals surface area contributed by atoms with E-state index in [1.165, 1.54) is 0 Å². The number of anilines is 1. The van der Waals surface area contributed by atoms with Crippen molar-refractivity contribution in [3.63, 3.8) is 0 Å². The maximum Gasteiger partial charge on any atom is 0.141 e. The first-order chi connectivity index (χ1) is 9.63. The van der Waals surface area contributed by atoms with Crippen LogP contribution in [0.5, 0.6) is 5.75 Å². The Bertz CT molecular complexity index is 635. The van der Waals surface area contributed by atoms with Crippen LogP contribution in [0.15, 0.2) is 51.4 Å². The molecule has 0 fully saturated rings. The summed E-state index contributed by atoms with van der Waals surface area (Å²) < 4.78 is 7.08. The van der Waals surface area contributed by atoms with Crippen LogP contribution in [-0.4, -0.2) is 7.11 Å². The van der Waals surface area contributed by atoms with E-state index >= 15 is 0 Å². The van der Waals surface area contributed by atoms with Crippen LogP contribution in [0, 0.1) is 11.3 Å². The molecule has 0 saturated carbocycles. The molecular formula is C15H12Br2N2O. The minimum Gasteiger partial charge on any atom is -0.497 e. The Hall–Kier alpha value is -1.51. The fourth-order valence-corrected chi connectivity index (χ4v) is 2.50. The monoisotopic (exact) mass is 394 g/mol. The number of hydrogen-bond acceptors (Lipinski definition) is 3. The predicted octanol–water partition coefficient (Wildman–Crippen LogP) is 4.90. The molecule has 0 aliphatic carbocycles. The van der Waals surface area contributed by atoms with Gasteiger partial charge in [0.2, 0.25) is 0 Å². The Morgan fingerprint density at radius 3 is 2.45 bits per heavy atom. The molecule has 1 N–H and O–H groups in total. The lowest BCUT2D eigenvalue weighted by Gasteiger charge is -2.16. The van der Waals surface area contributed by atoms with Gasteiger partial charge in [-0.05, 0) is 42.5 Å². The zero-order valence-electron chi connectivity index (χ0n) is 10.7. The van der Waals surface area contributed by atoms with Gasteiger partial charge < -0.3 is 10.1 Å². The van der Waals surface area contributed by atoms with Gasteiger partial charge in [-0.25, -0.2) is 0 Å². The number of hydrogen-bond donors (Lipinski definition) is 1. The van der Waals surface area contributed by atoms with Crippen molar-refractivity contribution in [1.82, 2.24) is 0 Å². The molecule has 0 radical (unpaired) electrons. The van der Waals surface area contributed by atoms with Gasteiger partial charge in [0, 0.05) is 20.2 Å². The smallest absolute Gasteiger partial charge is 0.141 e. The summed E-state index contributed by atoms with van der Waals surface area (Å²) in [5.41, 5.74) is 1.73. The number of nitriles is 1. The summed E-state index contributed by atoms with van der Waals surface area (Å²) in [7, 11) is 1.61. The zero-order chi connectivity index (χ0) is 14.5. The lowest BCUT2D eigenvalue weighted by molar-refractivity contribution is 0.414. The third-order valence-electron chi connectivity index (χ3n) is 2.80. The minimum atomic E-state index is -0.458. The van der Waals surface area contributed by atoms with Crippen molar-refractivity contribution in [1.29, 1.82) is 5.26 Å². The van der Waals surface area contributed by atoms with E-state index < -0.39 is 6.04 Å². The van der Waals surface area contributed by atoms with Crippen LogP contribution in [0.2, 0.25) is 0 Å².